The van der Waals surface area contributed by atoms with Crippen LogP contribution < -0.4 is 5.73 Å². The van der Waals surface area contributed by atoms with E-state index in [9.17, 15) is 0 Å². The summed E-state index contributed by atoms with van der Waals surface area (Å²) in [6, 6.07) is 6.63. The van der Waals surface area contributed by atoms with Crippen molar-refractivity contribution in [3.05, 3.63) is 22.7 Å². The van der Waals surface area contributed by atoms with Crippen LogP contribution in [0.1, 0.15) is 26.3 Å². The summed E-state index contributed by atoms with van der Waals surface area (Å²) in [5, 5.41) is 0. The van der Waals surface area contributed by atoms with E-state index in [1.165, 1.54) is 6.42 Å². The first-order chi connectivity index (χ1) is 7.49. The Morgan fingerprint density at radius 3 is 2.81 bits per heavy atom. The molecule has 3 rings (SSSR count). The fourth-order valence-electron chi connectivity index (χ4n) is 2.30. The number of hydrogen-bond acceptors (Lipinski definition) is 2. The van der Waals surface area contributed by atoms with E-state index in [1.54, 1.807) is 0 Å². The number of rotatable bonds is 1. The molecule has 2 N–H and O–H groups in total. The van der Waals surface area contributed by atoms with Crippen LogP contribution in [0, 0.1) is 5.41 Å². The Kier molecular flexibility index (Phi) is 1.90. The second-order valence-corrected chi connectivity index (χ2v) is 6.10. The summed E-state index contributed by atoms with van der Waals surface area (Å²) in [6.45, 7) is 4.53. The first kappa shape index (κ1) is 10.1. The highest BCUT2D eigenvalue weighted by Gasteiger charge is 2.48. The second-order valence-electron chi connectivity index (χ2n) is 5.18. The van der Waals surface area contributed by atoms with Crippen LogP contribution in [0.2, 0.25) is 0 Å². The maximum Gasteiger partial charge on any atom is 0.201 e. The Labute approximate surface area is 103 Å². The first-order valence-corrected chi connectivity index (χ1v) is 6.21. The van der Waals surface area contributed by atoms with E-state index in [0.717, 1.165) is 15.5 Å². The predicted molar refractivity (Wildman–Crippen MR) is 69.3 cm³/mol. The molecular formula is C12H14BrN3. The molecule has 1 aliphatic carbocycles. The van der Waals surface area contributed by atoms with Gasteiger partial charge in [-0.1, -0.05) is 29.8 Å². The molecule has 1 saturated carbocycles. The molecule has 2 aromatic rings. The number of aromatic nitrogens is 2. The normalized spacial score (nSPS) is 22.6. The number of imidazole rings is 1. The molecule has 0 spiro atoms. The van der Waals surface area contributed by atoms with Gasteiger partial charge in [0, 0.05) is 10.5 Å². The molecule has 1 atom stereocenters. The smallest absolute Gasteiger partial charge is 0.201 e. The number of anilines is 1. The highest BCUT2D eigenvalue weighted by molar-refractivity contribution is 9.10. The third-order valence-electron chi connectivity index (χ3n) is 3.45. The molecule has 0 saturated heterocycles. The second kappa shape index (κ2) is 3.00. The molecule has 0 radical (unpaired) electrons. The van der Waals surface area contributed by atoms with Crippen LogP contribution >= 0.6 is 15.9 Å². The predicted octanol–water partition coefficient (Wildman–Crippen LogP) is 3.35. The van der Waals surface area contributed by atoms with Crippen molar-refractivity contribution in [3.63, 3.8) is 0 Å². The van der Waals surface area contributed by atoms with Crippen LogP contribution in [0.5, 0.6) is 0 Å². The summed E-state index contributed by atoms with van der Waals surface area (Å²) in [4.78, 5) is 4.41. The molecular weight excluding hydrogens is 266 g/mol. The number of nitrogens with two attached hydrogens (primary N) is 1. The third kappa shape index (κ3) is 1.36. The number of halogens is 1. The quantitative estimate of drug-likeness (QED) is 0.870. The van der Waals surface area contributed by atoms with Crippen molar-refractivity contribution >= 4 is 32.9 Å². The van der Waals surface area contributed by atoms with Gasteiger partial charge in [-0.25, -0.2) is 4.98 Å². The minimum Gasteiger partial charge on any atom is -0.369 e. The summed E-state index contributed by atoms with van der Waals surface area (Å²) in [5.41, 5.74) is 8.46. The number of benzene rings is 1. The van der Waals surface area contributed by atoms with Gasteiger partial charge in [0.25, 0.3) is 0 Å². The lowest BCUT2D eigenvalue weighted by Gasteiger charge is -2.08. The van der Waals surface area contributed by atoms with Gasteiger partial charge in [-0.15, -0.1) is 0 Å². The molecule has 3 nitrogen and oxygen atoms in total. The van der Waals surface area contributed by atoms with Crippen LogP contribution in [-0.2, 0) is 0 Å². The molecule has 1 unspecified atom stereocenters. The first-order valence-electron chi connectivity index (χ1n) is 5.42. The van der Waals surface area contributed by atoms with E-state index >= 15 is 0 Å². The number of fused-ring (bicyclic) bond motifs is 1. The highest BCUT2D eigenvalue weighted by Crippen LogP contribution is 2.57. The zero-order valence-corrected chi connectivity index (χ0v) is 11.0. The average Bonchev–Trinajstić information content (AvgIpc) is 2.67. The van der Waals surface area contributed by atoms with E-state index in [0.29, 0.717) is 17.4 Å². The molecule has 0 bridgehead atoms. The van der Waals surface area contributed by atoms with E-state index in [1.807, 2.05) is 12.1 Å². The molecule has 0 aliphatic heterocycles. The molecule has 1 heterocycles. The summed E-state index contributed by atoms with van der Waals surface area (Å²) in [7, 11) is 0. The van der Waals surface area contributed by atoms with Gasteiger partial charge >= 0.3 is 0 Å². The maximum atomic E-state index is 6.00. The monoisotopic (exact) mass is 279 g/mol. The van der Waals surface area contributed by atoms with Crippen LogP contribution in [0.4, 0.5) is 5.95 Å². The van der Waals surface area contributed by atoms with E-state index in [-0.39, 0.29) is 0 Å². The van der Waals surface area contributed by atoms with Crippen LogP contribution in [0.25, 0.3) is 11.0 Å². The average molecular weight is 280 g/mol. The summed E-state index contributed by atoms with van der Waals surface area (Å²) >= 11 is 3.45. The Bertz CT molecular complexity index is 571. The molecule has 1 aliphatic rings. The number of hydrogen-bond donors (Lipinski definition) is 1. The molecule has 84 valence electrons. The molecule has 1 aromatic heterocycles. The summed E-state index contributed by atoms with van der Waals surface area (Å²) in [5.74, 6) is 0.628. The summed E-state index contributed by atoms with van der Waals surface area (Å²) in [6.07, 6.45) is 1.18. The van der Waals surface area contributed by atoms with Gasteiger partial charge in [-0.2, -0.15) is 0 Å². The Hall–Kier alpha value is -1.03. The van der Waals surface area contributed by atoms with E-state index < -0.39 is 0 Å². The Balaban J connectivity index is 2.21. The molecule has 1 fully saturated rings. The van der Waals surface area contributed by atoms with Gasteiger partial charge in [-0.05, 0) is 30.0 Å². The zero-order valence-electron chi connectivity index (χ0n) is 9.37. The lowest BCUT2D eigenvalue weighted by molar-refractivity contribution is 0.553. The van der Waals surface area contributed by atoms with Crippen molar-refractivity contribution in [3.8, 4) is 0 Å². The molecule has 16 heavy (non-hydrogen) atoms. The van der Waals surface area contributed by atoms with Gasteiger partial charge in [0.1, 0.15) is 0 Å². The Morgan fingerprint density at radius 1 is 1.50 bits per heavy atom. The number of nitrogens with zero attached hydrogens (tertiary/aromatic N) is 2. The standard InChI is InChI=1S/C12H14BrN3/c1-12(2)6-10(12)16-9-4-3-7(13)5-8(9)15-11(16)14/h3-5,10H,6H2,1-2H3,(H2,14,15). The molecule has 4 heteroatoms. The maximum absolute atomic E-state index is 6.00. The lowest BCUT2D eigenvalue weighted by Crippen LogP contribution is -2.04. The van der Waals surface area contributed by atoms with Gasteiger partial charge in [-0.3, -0.25) is 0 Å². The zero-order chi connectivity index (χ0) is 11.5. The third-order valence-corrected chi connectivity index (χ3v) is 3.95. The minimum atomic E-state index is 0.356. The van der Waals surface area contributed by atoms with Crippen LogP contribution in [-0.4, -0.2) is 9.55 Å². The van der Waals surface area contributed by atoms with Gasteiger partial charge in [0.2, 0.25) is 5.95 Å². The van der Waals surface area contributed by atoms with Crippen molar-refractivity contribution in [2.24, 2.45) is 5.41 Å². The van der Waals surface area contributed by atoms with Gasteiger partial charge in [0.15, 0.2) is 0 Å². The van der Waals surface area contributed by atoms with Gasteiger partial charge < -0.3 is 10.3 Å². The van der Waals surface area contributed by atoms with Crippen molar-refractivity contribution in [1.29, 1.82) is 0 Å². The fourth-order valence-corrected chi connectivity index (χ4v) is 2.65. The van der Waals surface area contributed by atoms with E-state index in [2.05, 4.69) is 45.4 Å². The van der Waals surface area contributed by atoms with Gasteiger partial charge in [0.05, 0.1) is 11.0 Å². The van der Waals surface area contributed by atoms with Crippen LogP contribution in [0.3, 0.4) is 0 Å². The molecule has 1 aromatic carbocycles. The topological polar surface area (TPSA) is 43.8 Å². The minimum absolute atomic E-state index is 0.356. The fraction of sp³-hybridized carbons (Fsp3) is 0.417. The van der Waals surface area contributed by atoms with Crippen molar-refractivity contribution in [2.45, 2.75) is 26.3 Å². The number of nitrogen functional groups attached to an aromatic ring is 1. The molecule has 0 amide bonds. The Morgan fingerprint density at radius 2 is 2.19 bits per heavy atom. The SMILES string of the molecule is CC1(C)CC1n1c(N)nc2cc(Br)ccc21. The largest absolute Gasteiger partial charge is 0.369 e. The summed E-state index contributed by atoms with van der Waals surface area (Å²) < 4.78 is 3.21. The van der Waals surface area contributed by atoms with Crippen LogP contribution in [0.15, 0.2) is 22.7 Å². The van der Waals surface area contributed by atoms with Crippen molar-refractivity contribution in [2.75, 3.05) is 5.73 Å². The highest BCUT2D eigenvalue weighted by atomic mass is 79.9. The van der Waals surface area contributed by atoms with Crippen molar-refractivity contribution < 1.29 is 0 Å². The van der Waals surface area contributed by atoms with Crippen molar-refractivity contribution in [1.82, 2.24) is 9.55 Å². The lowest BCUT2D eigenvalue weighted by atomic mass is 10.2. The van der Waals surface area contributed by atoms with E-state index in [4.69, 9.17) is 5.73 Å².